The lowest BCUT2D eigenvalue weighted by Gasteiger charge is -2.26. The van der Waals surface area contributed by atoms with E-state index in [4.69, 9.17) is 5.11 Å². The molecule has 0 aromatic heterocycles. The fourth-order valence-electron chi connectivity index (χ4n) is 2.60. The van der Waals surface area contributed by atoms with Gasteiger partial charge in [0.05, 0.1) is 5.92 Å². The molecule has 0 aromatic rings. The second-order valence-corrected chi connectivity index (χ2v) is 5.52. The van der Waals surface area contributed by atoms with Crippen molar-refractivity contribution in [2.45, 2.75) is 57.9 Å². The number of carboxylic acids is 1. The van der Waals surface area contributed by atoms with Gasteiger partial charge in [0, 0.05) is 12.0 Å². The van der Waals surface area contributed by atoms with E-state index in [-0.39, 0.29) is 23.8 Å². The highest BCUT2D eigenvalue weighted by molar-refractivity contribution is 5.79. The highest BCUT2D eigenvalue weighted by Crippen LogP contribution is 2.29. The number of unbranched alkanes of at least 4 members (excludes halogenated alkanes) is 1. The SMILES string of the molecule is C=CCCCC(C)NC(=O)C1CCC(C(=O)O)CC1. The van der Waals surface area contributed by atoms with Crippen LogP contribution in [0.1, 0.15) is 51.9 Å². The first-order valence-electron chi connectivity index (χ1n) is 7.18. The number of amides is 1. The zero-order valence-corrected chi connectivity index (χ0v) is 11.7. The second-order valence-electron chi connectivity index (χ2n) is 5.52. The van der Waals surface area contributed by atoms with Gasteiger partial charge in [-0.25, -0.2) is 0 Å². The molecule has 0 saturated heterocycles. The number of carbonyl (C=O) groups is 2. The highest BCUT2D eigenvalue weighted by Gasteiger charge is 2.29. The molecule has 108 valence electrons. The first-order valence-corrected chi connectivity index (χ1v) is 7.18. The molecule has 1 fully saturated rings. The summed E-state index contributed by atoms with van der Waals surface area (Å²) in [6, 6.07) is 0.185. The van der Waals surface area contributed by atoms with E-state index in [1.165, 1.54) is 0 Å². The van der Waals surface area contributed by atoms with Crippen molar-refractivity contribution in [3.63, 3.8) is 0 Å². The zero-order chi connectivity index (χ0) is 14.3. The van der Waals surface area contributed by atoms with Crippen molar-refractivity contribution in [2.75, 3.05) is 0 Å². The molecular formula is C15H25NO3. The van der Waals surface area contributed by atoms with E-state index in [0.29, 0.717) is 25.7 Å². The van der Waals surface area contributed by atoms with Gasteiger partial charge >= 0.3 is 5.97 Å². The van der Waals surface area contributed by atoms with E-state index in [1.807, 2.05) is 13.0 Å². The van der Waals surface area contributed by atoms with Crippen LogP contribution in [0.15, 0.2) is 12.7 Å². The zero-order valence-electron chi connectivity index (χ0n) is 11.7. The number of carboxylic acid groups (broad SMARTS) is 1. The molecule has 4 nitrogen and oxygen atoms in total. The van der Waals surface area contributed by atoms with Crippen LogP contribution in [0.2, 0.25) is 0 Å². The number of allylic oxidation sites excluding steroid dienone is 1. The number of nitrogens with one attached hydrogen (secondary N) is 1. The van der Waals surface area contributed by atoms with Gasteiger partial charge in [0.15, 0.2) is 0 Å². The normalized spacial score (nSPS) is 24.5. The molecule has 1 rings (SSSR count). The van der Waals surface area contributed by atoms with E-state index in [2.05, 4.69) is 11.9 Å². The number of rotatable bonds is 7. The summed E-state index contributed by atoms with van der Waals surface area (Å²) in [7, 11) is 0. The van der Waals surface area contributed by atoms with E-state index >= 15 is 0 Å². The lowest BCUT2D eigenvalue weighted by atomic mass is 9.81. The first kappa shape index (κ1) is 15.7. The van der Waals surface area contributed by atoms with Crippen LogP contribution in [-0.2, 0) is 9.59 Å². The average molecular weight is 267 g/mol. The Hall–Kier alpha value is -1.32. The molecule has 0 aliphatic heterocycles. The Morgan fingerprint density at radius 3 is 2.42 bits per heavy atom. The second kappa shape index (κ2) is 7.97. The molecule has 0 aromatic carbocycles. The van der Waals surface area contributed by atoms with Gasteiger partial charge < -0.3 is 10.4 Å². The number of hydrogen-bond acceptors (Lipinski definition) is 2. The van der Waals surface area contributed by atoms with Crippen LogP contribution in [0.3, 0.4) is 0 Å². The highest BCUT2D eigenvalue weighted by atomic mass is 16.4. The first-order chi connectivity index (χ1) is 9.04. The molecule has 19 heavy (non-hydrogen) atoms. The Labute approximate surface area is 115 Å². The molecule has 0 spiro atoms. The Kier molecular flexibility index (Phi) is 6.60. The molecule has 1 amide bonds. The van der Waals surface area contributed by atoms with Gasteiger partial charge in [-0.3, -0.25) is 9.59 Å². The van der Waals surface area contributed by atoms with Crippen molar-refractivity contribution in [3.05, 3.63) is 12.7 Å². The summed E-state index contributed by atoms with van der Waals surface area (Å²) in [5.41, 5.74) is 0. The van der Waals surface area contributed by atoms with Gasteiger partial charge in [-0.2, -0.15) is 0 Å². The Balaban J connectivity index is 2.27. The van der Waals surface area contributed by atoms with E-state index in [1.54, 1.807) is 0 Å². The number of hydrogen-bond donors (Lipinski definition) is 2. The molecule has 0 radical (unpaired) electrons. The molecule has 1 aliphatic carbocycles. The largest absolute Gasteiger partial charge is 0.481 e. The molecule has 4 heteroatoms. The third kappa shape index (κ3) is 5.45. The summed E-state index contributed by atoms with van der Waals surface area (Å²) >= 11 is 0. The molecule has 1 atom stereocenters. The molecule has 2 N–H and O–H groups in total. The summed E-state index contributed by atoms with van der Waals surface area (Å²) < 4.78 is 0. The standard InChI is InChI=1S/C15H25NO3/c1-3-4-5-6-11(2)16-14(17)12-7-9-13(10-8-12)15(18)19/h3,11-13H,1,4-10H2,2H3,(H,16,17)(H,18,19). The van der Waals surface area contributed by atoms with E-state index in [0.717, 1.165) is 19.3 Å². The van der Waals surface area contributed by atoms with E-state index < -0.39 is 5.97 Å². The van der Waals surface area contributed by atoms with Gasteiger partial charge in [0.2, 0.25) is 5.91 Å². The van der Waals surface area contributed by atoms with Crippen LogP contribution >= 0.6 is 0 Å². The van der Waals surface area contributed by atoms with Crippen LogP contribution in [0.4, 0.5) is 0 Å². The van der Waals surface area contributed by atoms with Crippen molar-refractivity contribution < 1.29 is 14.7 Å². The average Bonchev–Trinajstić information content (AvgIpc) is 2.39. The summed E-state index contributed by atoms with van der Waals surface area (Å²) in [6.45, 7) is 5.70. The van der Waals surface area contributed by atoms with Crippen molar-refractivity contribution in [1.82, 2.24) is 5.32 Å². The van der Waals surface area contributed by atoms with Crippen molar-refractivity contribution in [1.29, 1.82) is 0 Å². The van der Waals surface area contributed by atoms with Crippen molar-refractivity contribution in [3.8, 4) is 0 Å². The van der Waals surface area contributed by atoms with Crippen molar-refractivity contribution in [2.24, 2.45) is 11.8 Å². The maximum atomic E-state index is 12.0. The summed E-state index contributed by atoms with van der Waals surface area (Å²) in [5.74, 6) is -0.891. The van der Waals surface area contributed by atoms with Crippen molar-refractivity contribution >= 4 is 11.9 Å². The van der Waals surface area contributed by atoms with Crippen LogP contribution in [-0.4, -0.2) is 23.0 Å². The molecule has 0 heterocycles. The minimum absolute atomic E-state index is 0.00236. The molecule has 1 aliphatic rings. The number of aliphatic carboxylic acids is 1. The minimum Gasteiger partial charge on any atom is -0.481 e. The summed E-state index contributed by atoms with van der Waals surface area (Å²) in [5, 5.41) is 12.0. The topological polar surface area (TPSA) is 66.4 Å². The fraction of sp³-hybridized carbons (Fsp3) is 0.733. The fourth-order valence-corrected chi connectivity index (χ4v) is 2.60. The van der Waals surface area contributed by atoms with Gasteiger partial charge in [0.1, 0.15) is 0 Å². The Morgan fingerprint density at radius 1 is 1.32 bits per heavy atom. The predicted octanol–water partition coefficient (Wildman–Crippen LogP) is 2.74. The van der Waals surface area contributed by atoms with Crippen LogP contribution in [0, 0.1) is 11.8 Å². The maximum absolute atomic E-state index is 12.0. The van der Waals surface area contributed by atoms with Gasteiger partial charge in [-0.15, -0.1) is 6.58 Å². The molecule has 1 saturated carbocycles. The molecule has 1 unspecified atom stereocenters. The molecular weight excluding hydrogens is 242 g/mol. The minimum atomic E-state index is -0.725. The lowest BCUT2D eigenvalue weighted by molar-refractivity contribution is -0.144. The predicted molar refractivity (Wildman–Crippen MR) is 74.7 cm³/mol. The quantitative estimate of drug-likeness (QED) is 0.550. The summed E-state index contributed by atoms with van der Waals surface area (Å²) in [4.78, 5) is 22.9. The van der Waals surface area contributed by atoms with Gasteiger partial charge in [0.25, 0.3) is 0 Å². The maximum Gasteiger partial charge on any atom is 0.306 e. The van der Waals surface area contributed by atoms with Crippen LogP contribution in [0.5, 0.6) is 0 Å². The third-order valence-corrected chi connectivity index (χ3v) is 3.88. The molecule has 0 bridgehead atoms. The van der Waals surface area contributed by atoms with Gasteiger partial charge in [-0.05, 0) is 51.9 Å². The smallest absolute Gasteiger partial charge is 0.306 e. The van der Waals surface area contributed by atoms with Crippen LogP contribution < -0.4 is 5.32 Å². The Bertz CT molecular complexity index is 319. The lowest BCUT2D eigenvalue weighted by Crippen LogP contribution is -2.39. The number of carbonyl (C=O) groups excluding carboxylic acids is 1. The monoisotopic (exact) mass is 267 g/mol. The third-order valence-electron chi connectivity index (χ3n) is 3.88. The Morgan fingerprint density at radius 2 is 1.89 bits per heavy atom. The van der Waals surface area contributed by atoms with E-state index in [9.17, 15) is 9.59 Å². The van der Waals surface area contributed by atoms with Gasteiger partial charge in [-0.1, -0.05) is 6.08 Å². The van der Waals surface area contributed by atoms with Crippen LogP contribution in [0.25, 0.3) is 0 Å². The summed E-state index contributed by atoms with van der Waals surface area (Å²) in [6.07, 6.45) is 7.51.